The van der Waals surface area contributed by atoms with Gasteiger partial charge in [0.1, 0.15) is 0 Å². The zero-order chi connectivity index (χ0) is 19.3. The lowest BCUT2D eigenvalue weighted by atomic mass is 9.97. The molecule has 2 N–H and O–H groups in total. The van der Waals surface area contributed by atoms with Crippen molar-refractivity contribution >= 4 is 16.9 Å². The number of carboxylic acid groups (broad SMARTS) is 1. The second kappa shape index (κ2) is 8.13. The molecule has 0 fully saturated rings. The standard InChI is InChI=1S/C25H23NO2/c27-24(28)16-13-19-12-15-23-22(17-19)21(14-11-18-7-3-1-4-8-18)25(26-23)20-9-5-2-6-10-20/h1-10,12,15,17,26H,11,13-14,16H2,(H,27,28). The van der Waals surface area contributed by atoms with Gasteiger partial charge < -0.3 is 10.1 Å². The second-order valence-electron chi connectivity index (χ2n) is 7.10. The van der Waals surface area contributed by atoms with Gasteiger partial charge in [-0.05, 0) is 53.6 Å². The van der Waals surface area contributed by atoms with E-state index in [-0.39, 0.29) is 6.42 Å². The van der Waals surface area contributed by atoms with Crippen LogP contribution in [0, 0.1) is 0 Å². The number of aromatic amines is 1. The minimum atomic E-state index is -0.761. The molecule has 0 aliphatic heterocycles. The number of H-pyrrole nitrogens is 1. The Labute approximate surface area is 164 Å². The number of carbonyl (C=O) groups is 1. The maximum Gasteiger partial charge on any atom is 0.303 e. The molecule has 3 nitrogen and oxygen atoms in total. The third-order valence-corrected chi connectivity index (χ3v) is 5.17. The quantitative estimate of drug-likeness (QED) is 0.443. The van der Waals surface area contributed by atoms with E-state index in [0.717, 1.165) is 29.6 Å². The Bertz CT molecular complexity index is 1080. The molecule has 1 aromatic heterocycles. The second-order valence-corrected chi connectivity index (χ2v) is 7.10. The molecule has 1 heterocycles. The van der Waals surface area contributed by atoms with Crippen molar-refractivity contribution in [2.75, 3.05) is 0 Å². The number of aryl methyl sites for hydroxylation is 3. The number of aliphatic carboxylic acids is 1. The van der Waals surface area contributed by atoms with Gasteiger partial charge in [-0.25, -0.2) is 0 Å². The molecule has 0 saturated heterocycles. The van der Waals surface area contributed by atoms with Gasteiger partial charge in [0, 0.05) is 23.0 Å². The molecule has 0 atom stereocenters. The number of rotatable bonds is 7. The van der Waals surface area contributed by atoms with E-state index in [2.05, 4.69) is 65.6 Å². The van der Waals surface area contributed by atoms with E-state index in [1.807, 2.05) is 18.2 Å². The summed E-state index contributed by atoms with van der Waals surface area (Å²) in [4.78, 5) is 14.5. The Balaban J connectivity index is 1.74. The number of aromatic nitrogens is 1. The first kappa shape index (κ1) is 18.1. The van der Waals surface area contributed by atoms with E-state index in [1.165, 1.54) is 22.1 Å². The summed E-state index contributed by atoms with van der Waals surface area (Å²) in [5.74, 6) is -0.761. The van der Waals surface area contributed by atoms with Crippen molar-refractivity contribution in [3.05, 3.63) is 95.6 Å². The first-order chi connectivity index (χ1) is 13.7. The normalized spacial score (nSPS) is 11.0. The van der Waals surface area contributed by atoms with Crippen LogP contribution in [-0.4, -0.2) is 16.1 Å². The summed E-state index contributed by atoms with van der Waals surface area (Å²) in [6.07, 6.45) is 2.60. The zero-order valence-corrected chi connectivity index (χ0v) is 15.7. The molecule has 0 unspecified atom stereocenters. The van der Waals surface area contributed by atoms with Crippen LogP contribution in [0.2, 0.25) is 0 Å². The average Bonchev–Trinajstić information content (AvgIpc) is 3.10. The summed E-state index contributed by atoms with van der Waals surface area (Å²) in [6.45, 7) is 0. The summed E-state index contributed by atoms with van der Waals surface area (Å²) in [5, 5.41) is 10.2. The number of hydrogen-bond acceptors (Lipinski definition) is 1. The Morgan fingerprint density at radius 3 is 2.21 bits per heavy atom. The van der Waals surface area contributed by atoms with Crippen molar-refractivity contribution < 1.29 is 9.90 Å². The Hall–Kier alpha value is -3.33. The highest BCUT2D eigenvalue weighted by Gasteiger charge is 2.14. The van der Waals surface area contributed by atoms with Crippen LogP contribution in [0.25, 0.3) is 22.2 Å². The lowest BCUT2D eigenvalue weighted by molar-refractivity contribution is -0.136. The van der Waals surface area contributed by atoms with Crippen LogP contribution >= 0.6 is 0 Å². The largest absolute Gasteiger partial charge is 0.481 e. The van der Waals surface area contributed by atoms with Crippen LogP contribution in [0.5, 0.6) is 0 Å². The van der Waals surface area contributed by atoms with Gasteiger partial charge in [0.2, 0.25) is 0 Å². The summed E-state index contributed by atoms with van der Waals surface area (Å²) < 4.78 is 0. The highest BCUT2D eigenvalue weighted by atomic mass is 16.4. The lowest BCUT2D eigenvalue weighted by Gasteiger charge is -2.07. The van der Waals surface area contributed by atoms with Crippen LogP contribution in [0.4, 0.5) is 0 Å². The van der Waals surface area contributed by atoms with Gasteiger partial charge in [-0.2, -0.15) is 0 Å². The molecule has 140 valence electrons. The minimum Gasteiger partial charge on any atom is -0.481 e. The molecule has 0 radical (unpaired) electrons. The molecule has 3 heteroatoms. The van der Waals surface area contributed by atoms with Gasteiger partial charge in [0.25, 0.3) is 0 Å². The van der Waals surface area contributed by atoms with Crippen molar-refractivity contribution in [1.82, 2.24) is 4.98 Å². The molecule has 0 amide bonds. The summed E-state index contributed by atoms with van der Waals surface area (Å²) in [5.41, 5.74) is 7.10. The van der Waals surface area contributed by atoms with Gasteiger partial charge >= 0.3 is 5.97 Å². The van der Waals surface area contributed by atoms with Gasteiger partial charge in [-0.15, -0.1) is 0 Å². The maximum atomic E-state index is 10.9. The highest BCUT2D eigenvalue weighted by Crippen LogP contribution is 2.32. The Morgan fingerprint density at radius 2 is 1.50 bits per heavy atom. The van der Waals surface area contributed by atoms with E-state index < -0.39 is 5.97 Å². The van der Waals surface area contributed by atoms with Crippen LogP contribution in [0.15, 0.2) is 78.9 Å². The molecule has 0 aliphatic carbocycles. The average molecular weight is 369 g/mol. The zero-order valence-electron chi connectivity index (χ0n) is 15.7. The lowest BCUT2D eigenvalue weighted by Crippen LogP contribution is -1.97. The van der Waals surface area contributed by atoms with Crippen molar-refractivity contribution in [3.8, 4) is 11.3 Å². The van der Waals surface area contributed by atoms with E-state index in [0.29, 0.717) is 6.42 Å². The molecule has 3 aromatic carbocycles. The summed E-state index contributed by atoms with van der Waals surface area (Å²) in [6, 6.07) is 27.2. The predicted molar refractivity (Wildman–Crippen MR) is 114 cm³/mol. The monoisotopic (exact) mass is 369 g/mol. The van der Waals surface area contributed by atoms with Gasteiger partial charge in [0.15, 0.2) is 0 Å². The number of benzene rings is 3. The third kappa shape index (κ3) is 3.99. The van der Waals surface area contributed by atoms with E-state index in [4.69, 9.17) is 5.11 Å². The van der Waals surface area contributed by atoms with E-state index in [9.17, 15) is 4.79 Å². The molecular formula is C25H23NO2. The summed E-state index contributed by atoms with van der Waals surface area (Å²) in [7, 11) is 0. The molecule has 0 spiro atoms. The molecule has 28 heavy (non-hydrogen) atoms. The molecule has 0 bridgehead atoms. The summed E-state index contributed by atoms with van der Waals surface area (Å²) >= 11 is 0. The first-order valence-corrected chi connectivity index (χ1v) is 9.65. The molecule has 0 saturated carbocycles. The minimum absolute atomic E-state index is 0.154. The topological polar surface area (TPSA) is 53.1 Å². The first-order valence-electron chi connectivity index (χ1n) is 9.65. The Kier molecular flexibility index (Phi) is 5.24. The number of nitrogens with one attached hydrogen (secondary N) is 1. The molecule has 0 aliphatic rings. The fourth-order valence-corrected chi connectivity index (χ4v) is 3.73. The highest BCUT2D eigenvalue weighted by molar-refractivity contribution is 5.91. The van der Waals surface area contributed by atoms with Gasteiger partial charge in [0.05, 0.1) is 0 Å². The van der Waals surface area contributed by atoms with Crippen LogP contribution in [-0.2, 0) is 24.1 Å². The van der Waals surface area contributed by atoms with Crippen LogP contribution in [0.1, 0.15) is 23.1 Å². The van der Waals surface area contributed by atoms with Crippen molar-refractivity contribution in [3.63, 3.8) is 0 Å². The number of fused-ring (bicyclic) bond motifs is 1. The van der Waals surface area contributed by atoms with Crippen LogP contribution < -0.4 is 0 Å². The van der Waals surface area contributed by atoms with Gasteiger partial charge in [-0.3, -0.25) is 4.79 Å². The van der Waals surface area contributed by atoms with Crippen molar-refractivity contribution in [2.24, 2.45) is 0 Å². The van der Waals surface area contributed by atoms with Crippen LogP contribution in [0.3, 0.4) is 0 Å². The fraction of sp³-hybridized carbons (Fsp3) is 0.160. The number of hydrogen-bond donors (Lipinski definition) is 2. The molecular weight excluding hydrogens is 346 g/mol. The molecule has 4 aromatic rings. The smallest absolute Gasteiger partial charge is 0.303 e. The van der Waals surface area contributed by atoms with Gasteiger partial charge in [-0.1, -0.05) is 66.7 Å². The molecule has 4 rings (SSSR count). The SMILES string of the molecule is O=C(O)CCc1ccc2[nH]c(-c3ccccc3)c(CCc3ccccc3)c2c1. The Morgan fingerprint density at radius 1 is 0.786 bits per heavy atom. The third-order valence-electron chi connectivity index (χ3n) is 5.17. The maximum absolute atomic E-state index is 10.9. The predicted octanol–water partition coefficient (Wildman–Crippen LogP) is 5.64. The van der Waals surface area contributed by atoms with E-state index >= 15 is 0 Å². The van der Waals surface area contributed by atoms with E-state index in [1.54, 1.807) is 0 Å². The fourth-order valence-electron chi connectivity index (χ4n) is 3.73. The van der Waals surface area contributed by atoms with Crippen molar-refractivity contribution in [2.45, 2.75) is 25.7 Å². The number of carboxylic acids is 1. The van der Waals surface area contributed by atoms with Crippen molar-refractivity contribution in [1.29, 1.82) is 0 Å².